The number of benzene rings is 2. The lowest BCUT2D eigenvalue weighted by molar-refractivity contribution is 0.0939. The highest BCUT2D eigenvalue weighted by Crippen LogP contribution is 2.36. The molecule has 2 aromatic carbocycles. The molecule has 0 saturated heterocycles. The van der Waals surface area contributed by atoms with Crippen molar-refractivity contribution in [3.63, 3.8) is 0 Å². The lowest BCUT2D eigenvalue weighted by atomic mass is 10.1. The maximum Gasteiger partial charge on any atom is 0.251 e. The first-order valence-electron chi connectivity index (χ1n) is 7.53. The number of carbonyl (C=O) groups is 1. The van der Waals surface area contributed by atoms with Crippen LogP contribution in [0.3, 0.4) is 0 Å². The quantitative estimate of drug-likeness (QED) is 0.726. The molecule has 0 aliphatic rings. The molecule has 1 N–H and O–H groups in total. The molecule has 6 heteroatoms. The first-order chi connectivity index (χ1) is 11.5. The van der Waals surface area contributed by atoms with Gasteiger partial charge in [-0.1, -0.05) is 23.7 Å². The van der Waals surface area contributed by atoms with E-state index < -0.39 is 0 Å². The molecule has 1 unspecified atom stereocenters. The zero-order chi connectivity index (χ0) is 17.7. The fourth-order valence-corrected chi connectivity index (χ4v) is 3.00. The zero-order valence-corrected chi connectivity index (χ0v) is 16.1. The first kappa shape index (κ1) is 18.6. The Morgan fingerprint density at radius 1 is 1.29 bits per heavy atom. The van der Waals surface area contributed by atoms with Crippen LogP contribution in [0.5, 0.6) is 11.5 Å². The topological polar surface area (TPSA) is 47.6 Å². The predicted octanol–water partition coefficient (Wildman–Crippen LogP) is 5.00. The first-order valence-corrected chi connectivity index (χ1v) is 8.70. The van der Waals surface area contributed by atoms with Gasteiger partial charge < -0.3 is 14.8 Å². The number of hydrogen-bond acceptors (Lipinski definition) is 3. The molecule has 0 aliphatic carbocycles. The van der Waals surface area contributed by atoms with Crippen molar-refractivity contribution in [1.29, 1.82) is 0 Å². The van der Waals surface area contributed by atoms with Gasteiger partial charge in [-0.2, -0.15) is 0 Å². The molecule has 0 fully saturated rings. The van der Waals surface area contributed by atoms with Crippen LogP contribution in [0.2, 0.25) is 5.02 Å². The van der Waals surface area contributed by atoms with Gasteiger partial charge in [-0.15, -0.1) is 0 Å². The molecule has 0 spiro atoms. The molecule has 0 saturated carbocycles. The lowest BCUT2D eigenvalue weighted by Gasteiger charge is -2.16. The fraction of sp³-hybridized carbons (Fsp3) is 0.278. The van der Waals surface area contributed by atoms with Gasteiger partial charge >= 0.3 is 0 Å². The summed E-state index contributed by atoms with van der Waals surface area (Å²) in [5.41, 5.74) is 1.47. The van der Waals surface area contributed by atoms with Gasteiger partial charge in [-0.05, 0) is 59.6 Å². The van der Waals surface area contributed by atoms with Crippen LogP contribution in [-0.2, 0) is 0 Å². The average molecular weight is 413 g/mol. The Bertz CT molecular complexity index is 719. The third kappa shape index (κ3) is 4.42. The monoisotopic (exact) mass is 411 g/mol. The van der Waals surface area contributed by atoms with Crippen molar-refractivity contribution in [2.45, 2.75) is 19.9 Å². The van der Waals surface area contributed by atoms with Crippen molar-refractivity contribution in [2.75, 3.05) is 13.7 Å². The SMILES string of the molecule is CCOc1cc(C(=O)NC(C)c2ccc(Cl)cc2)cc(Br)c1OC. The van der Waals surface area contributed by atoms with Gasteiger partial charge in [0.15, 0.2) is 11.5 Å². The Hall–Kier alpha value is -1.72. The van der Waals surface area contributed by atoms with Gasteiger partial charge in [-0.3, -0.25) is 4.79 Å². The van der Waals surface area contributed by atoms with Crippen LogP contribution in [0.1, 0.15) is 35.8 Å². The second kappa shape index (κ2) is 8.40. The normalized spacial score (nSPS) is 11.7. The van der Waals surface area contributed by atoms with Crippen molar-refractivity contribution in [1.82, 2.24) is 5.32 Å². The zero-order valence-electron chi connectivity index (χ0n) is 13.7. The van der Waals surface area contributed by atoms with E-state index in [1.807, 2.05) is 26.0 Å². The molecule has 24 heavy (non-hydrogen) atoms. The fourth-order valence-electron chi connectivity index (χ4n) is 2.27. The maximum absolute atomic E-state index is 12.5. The van der Waals surface area contributed by atoms with Crippen molar-refractivity contribution in [3.05, 3.63) is 57.0 Å². The summed E-state index contributed by atoms with van der Waals surface area (Å²) in [5, 5.41) is 3.63. The highest BCUT2D eigenvalue weighted by molar-refractivity contribution is 9.10. The minimum Gasteiger partial charge on any atom is -0.492 e. The van der Waals surface area contributed by atoms with Crippen molar-refractivity contribution < 1.29 is 14.3 Å². The lowest BCUT2D eigenvalue weighted by Crippen LogP contribution is -2.26. The van der Waals surface area contributed by atoms with Gasteiger partial charge in [0.25, 0.3) is 5.91 Å². The van der Waals surface area contributed by atoms with Crippen molar-refractivity contribution in [2.24, 2.45) is 0 Å². The minimum absolute atomic E-state index is 0.147. The summed E-state index contributed by atoms with van der Waals surface area (Å²) in [5.74, 6) is 0.902. The van der Waals surface area contributed by atoms with E-state index in [1.165, 1.54) is 0 Å². The second-order valence-electron chi connectivity index (χ2n) is 5.17. The molecule has 0 aromatic heterocycles. The molecule has 4 nitrogen and oxygen atoms in total. The maximum atomic E-state index is 12.5. The highest BCUT2D eigenvalue weighted by Gasteiger charge is 2.17. The Balaban J connectivity index is 2.21. The van der Waals surface area contributed by atoms with Crippen LogP contribution in [0.15, 0.2) is 40.9 Å². The molecule has 128 valence electrons. The number of carbonyl (C=O) groups excluding carboxylic acids is 1. The largest absolute Gasteiger partial charge is 0.492 e. The van der Waals surface area contributed by atoms with Crippen LogP contribution in [0.4, 0.5) is 0 Å². The number of nitrogens with one attached hydrogen (secondary N) is 1. The number of halogens is 2. The summed E-state index contributed by atoms with van der Waals surface area (Å²) in [7, 11) is 1.56. The smallest absolute Gasteiger partial charge is 0.251 e. The Morgan fingerprint density at radius 3 is 2.54 bits per heavy atom. The van der Waals surface area contributed by atoms with Crippen molar-refractivity contribution >= 4 is 33.4 Å². The third-order valence-corrected chi connectivity index (χ3v) is 4.33. The van der Waals surface area contributed by atoms with Crippen LogP contribution in [0.25, 0.3) is 0 Å². The van der Waals surface area contributed by atoms with Gasteiger partial charge in [0.1, 0.15) is 0 Å². The van der Waals surface area contributed by atoms with E-state index in [2.05, 4.69) is 21.2 Å². The van der Waals surface area contributed by atoms with Crippen LogP contribution < -0.4 is 14.8 Å². The Labute approximate surface area is 155 Å². The van der Waals surface area contributed by atoms with E-state index in [4.69, 9.17) is 21.1 Å². The number of hydrogen-bond donors (Lipinski definition) is 1. The summed E-state index contributed by atoms with van der Waals surface area (Å²) in [4.78, 5) is 12.5. The Kier molecular flexibility index (Phi) is 6.52. The van der Waals surface area contributed by atoms with Crippen LogP contribution in [0, 0.1) is 0 Å². The summed E-state index contributed by atoms with van der Waals surface area (Å²) < 4.78 is 11.5. The molecular weight excluding hydrogens is 394 g/mol. The molecule has 0 aliphatic heterocycles. The molecule has 2 rings (SSSR count). The molecule has 0 heterocycles. The minimum atomic E-state index is -0.193. The van der Waals surface area contributed by atoms with Crippen LogP contribution >= 0.6 is 27.5 Å². The van der Waals surface area contributed by atoms with E-state index in [0.717, 1.165) is 5.56 Å². The van der Waals surface area contributed by atoms with Gasteiger partial charge in [0.05, 0.1) is 24.2 Å². The summed E-state index contributed by atoms with van der Waals surface area (Å²) >= 11 is 9.31. The van der Waals surface area contributed by atoms with Crippen molar-refractivity contribution in [3.8, 4) is 11.5 Å². The molecular formula is C18H19BrClNO3. The van der Waals surface area contributed by atoms with E-state index >= 15 is 0 Å². The number of ether oxygens (including phenoxy) is 2. The summed E-state index contributed by atoms with van der Waals surface area (Å²) in [6.45, 7) is 4.28. The van der Waals surface area contributed by atoms with Gasteiger partial charge in [-0.25, -0.2) is 0 Å². The van der Waals surface area contributed by atoms with Gasteiger partial charge in [0, 0.05) is 10.6 Å². The number of rotatable bonds is 6. The third-order valence-electron chi connectivity index (χ3n) is 3.49. The molecule has 1 atom stereocenters. The number of amides is 1. The van der Waals surface area contributed by atoms with Gasteiger partial charge in [0.2, 0.25) is 0 Å². The summed E-state index contributed by atoms with van der Waals surface area (Å²) in [6.07, 6.45) is 0. The molecule has 0 radical (unpaired) electrons. The average Bonchev–Trinajstić information content (AvgIpc) is 2.55. The molecule has 2 aromatic rings. The highest BCUT2D eigenvalue weighted by atomic mass is 79.9. The molecule has 1 amide bonds. The standard InChI is InChI=1S/C18H19BrClNO3/c1-4-24-16-10-13(9-15(19)17(16)23-3)18(22)21-11(2)12-5-7-14(20)8-6-12/h5-11H,4H2,1-3H3,(H,21,22). The van der Waals surface area contributed by atoms with E-state index in [9.17, 15) is 4.79 Å². The predicted molar refractivity (Wildman–Crippen MR) is 99.2 cm³/mol. The second-order valence-corrected chi connectivity index (χ2v) is 6.46. The molecule has 0 bridgehead atoms. The van der Waals surface area contributed by atoms with E-state index in [1.54, 1.807) is 31.4 Å². The van der Waals surface area contributed by atoms with E-state index in [-0.39, 0.29) is 11.9 Å². The number of methoxy groups -OCH3 is 1. The van der Waals surface area contributed by atoms with E-state index in [0.29, 0.717) is 33.2 Å². The summed E-state index contributed by atoms with van der Waals surface area (Å²) in [6, 6.07) is 10.6. The Morgan fingerprint density at radius 2 is 1.96 bits per heavy atom. The van der Waals surface area contributed by atoms with Crippen LogP contribution in [-0.4, -0.2) is 19.6 Å².